The zero-order chi connectivity index (χ0) is 19.5. The van der Waals surface area contributed by atoms with Gasteiger partial charge in [0, 0.05) is 28.2 Å². The molecular weight excluding hydrogens is 380 g/mol. The molecule has 0 aliphatic carbocycles. The zero-order valence-electron chi connectivity index (χ0n) is 14.8. The lowest BCUT2D eigenvalue weighted by Crippen LogP contribution is -2.19. The van der Waals surface area contributed by atoms with Crippen LogP contribution in [-0.2, 0) is 28.8 Å². The van der Waals surface area contributed by atoms with Gasteiger partial charge in [-0.2, -0.15) is 35.5 Å². The molecule has 0 aliphatic heterocycles. The summed E-state index contributed by atoms with van der Waals surface area (Å²) in [6.45, 7) is 0. The fourth-order valence-corrected chi connectivity index (χ4v) is 4.00. The molecule has 0 amide bonds. The van der Waals surface area contributed by atoms with E-state index in [0.717, 1.165) is 21.3 Å². The van der Waals surface area contributed by atoms with Crippen molar-refractivity contribution in [3.05, 3.63) is 48.5 Å². The van der Waals surface area contributed by atoms with Gasteiger partial charge in [-0.1, -0.05) is 24.3 Å². The molecule has 0 saturated carbocycles. The second-order valence-electron chi connectivity index (χ2n) is 5.73. The largest absolute Gasteiger partial charge is 0.313 e. The Hall–Kier alpha value is -1.82. The number of benzene rings is 2. The van der Waals surface area contributed by atoms with E-state index >= 15 is 0 Å². The smallest absolute Gasteiger partial charge is 0.192 e. The molecule has 0 heterocycles. The van der Waals surface area contributed by atoms with Crippen LogP contribution < -0.4 is 0 Å². The van der Waals surface area contributed by atoms with Crippen LogP contribution >= 0.6 is 0 Å². The molecule has 0 spiro atoms. The van der Waals surface area contributed by atoms with Crippen LogP contribution in [0.4, 0.5) is 0 Å². The maximum Gasteiger partial charge on any atom is 0.313 e. The number of rotatable bonds is 7. The van der Waals surface area contributed by atoms with Gasteiger partial charge in [0.25, 0.3) is 0 Å². The first-order chi connectivity index (χ1) is 12.0. The van der Waals surface area contributed by atoms with Gasteiger partial charge in [0.15, 0.2) is 0 Å². The van der Waals surface area contributed by atoms with Crippen LogP contribution in [0.25, 0.3) is 11.1 Å². The van der Waals surface area contributed by atoms with Crippen molar-refractivity contribution in [2.45, 2.75) is 9.79 Å². The second kappa shape index (κ2) is 7.82. The zero-order valence-corrected chi connectivity index (χ0v) is 16.4. The van der Waals surface area contributed by atoms with Crippen LogP contribution in [0.5, 0.6) is 0 Å². The molecule has 0 aromatic heterocycles. The van der Waals surface area contributed by atoms with Crippen LogP contribution in [0.2, 0.25) is 0 Å². The molecule has 10 heteroatoms. The Morgan fingerprint density at radius 1 is 0.577 bits per heavy atom. The first-order valence-electron chi connectivity index (χ1n) is 7.45. The minimum atomic E-state index is -3.87. The Kier molecular flexibility index (Phi) is 6.17. The summed E-state index contributed by atoms with van der Waals surface area (Å²) in [5.41, 5.74) is 1.46. The van der Waals surface area contributed by atoms with E-state index in [0.29, 0.717) is 0 Å². The van der Waals surface area contributed by atoms with Gasteiger partial charge in [-0.05, 0) is 35.4 Å². The minimum Gasteiger partial charge on any atom is -0.192 e. The highest BCUT2D eigenvalue weighted by Crippen LogP contribution is 2.24. The van der Waals surface area contributed by atoms with E-state index in [1.54, 1.807) is 24.3 Å². The molecule has 2 aromatic rings. The van der Waals surface area contributed by atoms with Crippen molar-refractivity contribution in [2.75, 3.05) is 28.2 Å². The standard InChI is InChI=1S/C16H20N2O6S2/c1-17(2)23-25(19,20)15-9-5-13(6-10-15)14-7-11-16(12-8-14)26(21,22)24-18(3)4/h5-12H,1-4H3. The van der Waals surface area contributed by atoms with E-state index in [2.05, 4.69) is 0 Å². The summed E-state index contributed by atoms with van der Waals surface area (Å²) in [7, 11) is -1.85. The molecule has 2 rings (SSSR count). The van der Waals surface area contributed by atoms with Crippen molar-refractivity contribution >= 4 is 20.2 Å². The van der Waals surface area contributed by atoms with Crippen LogP contribution in [0.15, 0.2) is 58.3 Å². The topological polar surface area (TPSA) is 93.2 Å². The van der Waals surface area contributed by atoms with Gasteiger partial charge in [0.05, 0.1) is 9.79 Å². The van der Waals surface area contributed by atoms with Crippen LogP contribution in [0.1, 0.15) is 0 Å². The predicted molar refractivity (Wildman–Crippen MR) is 95.8 cm³/mol. The van der Waals surface area contributed by atoms with Gasteiger partial charge in [-0.3, -0.25) is 0 Å². The van der Waals surface area contributed by atoms with Gasteiger partial charge < -0.3 is 0 Å². The normalized spacial score (nSPS) is 12.7. The number of hydrogen-bond acceptors (Lipinski definition) is 8. The molecule has 2 aromatic carbocycles. The highest BCUT2D eigenvalue weighted by molar-refractivity contribution is 7.87. The van der Waals surface area contributed by atoms with Crippen molar-refractivity contribution in [3.8, 4) is 11.1 Å². The lowest BCUT2D eigenvalue weighted by atomic mass is 10.1. The summed E-state index contributed by atoms with van der Waals surface area (Å²) in [6.07, 6.45) is 0. The molecular formula is C16H20N2O6S2. The minimum absolute atomic E-state index is 0.0218. The average molecular weight is 400 g/mol. The monoisotopic (exact) mass is 400 g/mol. The van der Waals surface area contributed by atoms with Crippen LogP contribution in [-0.4, -0.2) is 55.2 Å². The third kappa shape index (κ3) is 5.10. The van der Waals surface area contributed by atoms with Gasteiger partial charge in [-0.15, -0.1) is 0 Å². The van der Waals surface area contributed by atoms with Crippen LogP contribution in [0.3, 0.4) is 0 Å². The molecule has 0 unspecified atom stereocenters. The molecule has 8 nitrogen and oxygen atoms in total. The summed E-state index contributed by atoms with van der Waals surface area (Å²) < 4.78 is 57.5. The van der Waals surface area contributed by atoms with Crippen molar-refractivity contribution in [1.29, 1.82) is 0 Å². The molecule has 142 valence electrons. The van der Waals surface area contributed by atoms with E-state index in [1.165, 1.54) is 52.5 Å². The number of nitrogens with zero attached hydrogens (tertiary/aromatic N) is 2. The van der Waals surface area contributed by atoms with Gasteiger partial charge >= 0.3 is 20.2 Å². The summed E-state index contributed by atoms with van der Waals surface area (Å²) in [4.78, 5) is 0.0436. The van der Waals surface area contributed by atoms with Crippen LogP contribution in [0, 0.1) is 0 Å². The summed E-state index contributed by atoms with van der Waals surface area (Å²) in [5.74, 6) is 0. The number of hydroxylamine groups is 4. The SMILES string of the molecule is CN(C)OS(=O)(=O)c1ccc(-c2ccc(S(=O)(=O)ON(C)C)cc2)cc1. The lowest BCUT2D eigenvalue weighted by Gasteiger charge is -2.11. The first kappa shape index (κ1) is 20.5. The third-order valence-corrected chi connectivity index (χ3v) is 5.80. The molecule has 0 N–H and O–H groups in total. The van der Waals surface area contributed by atoms with Crippen molar-refractivity contribution in [2.24, 2.45) is 0 Å². The number of hydrogen-bond donors (Lipinski definition) is 0. The molecule has 0 aliphatic rings. The quantitative estimate of drug-likeness (QED) is 0.649. The highest BCUT2D eigenvalue weighted by Gasteiger charge is 2.18. The Labute approximate surface area is 153 Å². The Bertz CT molecular complexity index is 869. The summed E-state index contributed by atoms with van der Waals surface area (Å²) >= 11 is 0. The first-order valence-corrected chi connectivity index (χ1v) is 10.3. The summed E-state index contributed by atoms with van der Waals surface area (Å²) in [6, 6.07) is 12.2. The second-order valence-corrected chi connectivity index (χ2v) is 8.79. The molecule has 0 bridgehead atoms. The Balaban J connectivity index is 2.25. The van der Waals surface area contributed by atoms with Gasteiger partial charge in [0.1, 0.15) is 0 Å². The fourth-order valence-electron chi connectivity index (χ4n) is 2.11. The van der Waals surface area contributed by atoms with Gasteiger partial charge in [0.2, 0.25) is 0 Å². The van der Waals surface area contributed by atoms with E-state index in [9.17, 15) is 16.8 Å². The summed E-state index contributed by atoms with van der Waals surface area (Å²) in [5, 5.41) is 2.19. The molecule has 0 saturated heterocycles. The Morgan fingerprint density at radius 3 is 1.08 bits per heavy atom. The van der Waals surface area contributed by atoms with E-state index in [4.69, 9.17) is 8.57 Å². The van der Waals surface area contributed by atoms with E-state index in [1.807, 2.05) is 0 Å². The Morgan fingerprint density at radius 2 is 0.846 bits per heavy atom. The van der Waals surface area contributed by atoms with E-state index < -0.39 is 20.2 Å². The fraction of sp³-hybridized carbons (Fsp3) is 0.250. The van der Waals surface area contributed by atoms with Crippen molar-refractivity contribution < 1.29 is 25.4 Å². The maximum atomic E-state index is 12.0. The van der Waals surface area contributed by atoms with Crippen molar-refractivity contribution in [1.82, 2.24) is 10.1 Å². The maximum absolute atomic E-state index is 12.0. The predicted octanol–water partition coefficient (Wildman–Crippen LogP) is 1.72. The van der Waals surface area contributed by atoms with Gasteiger partial charge in [-0.25, -0.2) is 0 Å². The molecule has 0 fully saturated rings. The molecule has 26 heavy (non-hydrogen) atoms. The molecule has 0 atom stereocenters. The highest BCUT2D eigenvalue weighted by atomic mass is 32.2. The average Bonchev–Trinajstić information content (AvgIpc) is 2.53. The van der Waals surface area contributed by atoms with E-state index in [-0.39, 0.29) is 9.79 Å². The lowest BCUT2D eigenvalue weighted by molar-refractivity contribution is 0.00472. The molecule has 0 radical (unpaired) electrons. The third-order valence-electron chi connectivity index (χ3n) is 3.11. The van der Waals surface area contributed by atoms with Crippen molar-refractivity contribution in [3.63, 3.8) is 0 Å².